The number of hydrogen-bond acceptors (Lipinski definition) is 4. The summed E-state index contributed by atoms with van der Waals surface area (Å²) < 4.78 is 5.68. The van der Waals surface area contributed by atoms with Gasteiger partial charge in [0.15, 0.2) is 0 Å². The molecule has 0 bridgehead atoms. The van der Waals surface area contributed by atoms with E-state index in [-0.39, 0.29) is 30.0 Å². The molecule has 1 aromatic rings. The van der Waals surface area contributed by atoms with Crippen LogP contribution < -0.4 is 15.5 Å². The summed E-state index contributed by atoms with van der Waals surface area (Å²) in [5.41, 5.74) is 2.45. The fourth-order valence-corrected chi connectivity index (χ4v) is 4.29. The first-order valence-corrected chi connectivity index (χ1v) is 8.64. The molecule has 2 heterocycles. The van der Waals surface area contributed by atoms with Gasteiger partial charge in [-0.1, -0.05) is 18.2 Å². The molecule has 128 valence electrons. The second-order valence-corrected chi connectivity index (χ2v) is 6.91. The molecular formula is C18H23N3O3. The van der Waals surface area contributed by atoms with E-state index in [2.05, 4.69) is 27.7 Å². The molecule has 2 aliphatic heterocycles. The predicted molar refractivity (Wildman–Crippen MR) is 89.7 cm³/mol. The number of para-hydroxylation sites is 1. The van der Waals surface area contributed by atoms with E-state index in [1.165, 1.54) is 12.5 Å². The van der Waals surface area contributed by atoms with E-state index in [0.29, 0.717) is 19.1 Å². The van der Waals surface area contributed by atoms with E-state index in [4.69, 9.17) is 4.74 Å². The van der Waals surface area contributed by atoms with Gasteiger partial charge in [-0.3, -0.25) is 9.59 Å². The van der Waals surface area contributed by atoms with Gasteiger partial charge in [0.05, 0.1) is 24.7 Å². The quantitative estimate of drug-likeness (QED) is 0.842. The Balaban J connectivity index is 1.38. The highest BCUT2D eigenvalue weighted by molar-refractivity contribution is 5.83. The van der Waals surface area contributed by atoms with Crippen LogP contribution in [-0.2, 0) is 20.7 Å². The zero-order chi connectivity index (χ0) is 16.7. The number of ether oxygens (including phenoxy) is 1. The molecule has 2 N–H and O–H groups in total. The molecule has 4 rings (SSSR count). The molecule has 0 unspecified atom stereocenters. The second-order valence-electron chi connectivity index (χ2n) is 6.91. The van der Waals surface area contributed by atoms with Gasteiger partial charge >= 0.3 is 0 Å². The molecule has 6 nitrogen and oxygen atoms in total. The highest BCUT2D eigenvalue weighted by Crippen LogP contribution is 2.39. The van der Waals surface area contributed by atoms with Crippen LogP contribution in [-0.4, -0.2) is 49.7 Å². The van der Waals surface area contributed by atoms with Crippen LogP contribution >= 0.6 is 0 Å². The minimum Gasteiger partial charge on any atom is -0.376 e. The van der Waals surface area contributed by atoms with Gasteiger partial charge < -0.3 is 20.3 Å². The lowest BCUT2D eigenvalue weighted by Crippen LogP contribution is -2.71. The van der Waals surface area contributed by atoms with Crippen molar-refractivity contribution in [2.45, 2.75) is 38.0 Å². The Labute approximate surface area is 141 Å². The van der Waals surface area contributed by atoms with Gasteiger partial charge in [0.1, 0.15) is 0 Å². The van der Waals surface area contributed by atoms with Crippen LogP contribution in [0.4, 0.5) is 5.69 Å². The summed E-state index contributed by atoms with van der Waals surface area (Å²) in [5.74, 6) is 0.246. The molecule has 2 fully saturated rings. The van der Waals surface area contributed by atoms with E-state index in [1.807, 2.05) is 12.1 Å². The lowest BCUT2D eigenvalue weighted by Gasteiger charge is -2.47. The van der Waals surface area contributed by atoms with Crippen molar-refractivity contribution in [3.63, 3.8) is 0 Å². The van der Waals surface area contributed by atoms with Crippen molar-refractivity contribution < 1.29 is 14.3 Å². The smallest absolute Gasteiger partial charge is 0.239 e. The predicted octanol–water partition coefficient (Wildman–Crippen LogP) is 0.457. The van der Waals surface area contributed by atoms with Gasteiger partial charge in [-0.05, 0) is 24.5 Å². The highest BCUT2D eigenvalue weighted by Gasteiger charge is 2.54. The highest BCUT2D eigenvalue weighted by atomic mass is 16.5. The summed E-state index contributed by atoms with van der Waals surface area (Å²) in [6.07, 6.45) is 1.98. The topological polar surface area (TPSA) is 70.7 Å². The molecule has 2 amide bonds. The summed E-state index contributed by atoms with van der Waals surface area (Å²) in [6, 6.07) is 8.10. The average molecular weight is 329 g/mol. The maximum Gasteiger partial charge on any atom is 0.239 e. The van der Waals surface area contributed by atoms with Crippen molar-refractivity contribution in [3.05, 3.63) is 29.8 Å². The first kappa shape index (κ1) is 15.4. The van der Waals surface area contributed by atoms with Gasteiger partial charge in [0, 0.05) is 31.7 Å². The first-order chi connectivity index (χ1) is 11.6. The van der Waals surface area contributed by atoms with Crippen molar-refractivity contribution in [1.29, 1.82) is 0 Å². The van der Waals surface area contributed by atoms with Crippen molar-refractivity contribution >= 4 is 17.5 Å². The zero-order valence-corrected chi connectivity index (χ0v) is 13.8. The van der Waals surface area contributed by atoms with Gasteiger partial charge in [0.25, 0.3) is 0 Å². The van der Waals surface area contributed by atoms with Gasteiger partial charge in [-0.15, -0.1) is 0 Å². The summed E-state index contributed by atoms with van der Waals surface area (Å²) in [6.45, 7) is 3.44. The minimum absolute atomic E-state index is 0.0115. The van der Waals surface area contributed by atoms with E-state index < -0.39 is 0 Å². The van der Waals surface area contributed by atoms with Crippen LogP contribution in [0, 0.1) is 5.92 Å². The Hall–Kier alpha value is -2.08. The van der Waals surface area contributed by atoms with Crippen molar-refractivity contribution in [1.82, 2.24) is 10.6 Å². The van der Waals surface area contributed by atoms with E-state index in [0.717, 1.165) is 25.1 Å². The van der Waals surface area contributed by atoms with Gasteiger partial charge in [-0.25, -0.2) is 0 Å². The zero-order valence-electron chi connectivity index (χ0n) is 13.8. The third-order valence-corrected chi connectivity index (χ3v) is 5.40. The van der Waals surface area contributed by atoms with Crippen molar-refractivity contribution in [2.75, 3.05) is 24.6 Å². The van der Waals surface area contributed by atoms with E-state index in [9.17, 15) is 9.59 Å². The number of carbonyl (C=O) groups excluding carboxylic acids is 2. The number of anilines is 1. The fourth-order valence-electron chi connectivity index (χ4n) is 4.29. The van der Waals surface area contributed by atoms with Gasteiger partial charge in [-0.2, -0.15) is 0 Å². The number of carbonyl (C=O) groups is 2. The Bertz CT molecular complexity index is 663. The number of nitrogens with one attached hydrogen (secondary N) is 2. The monoisotopic (exact) mass is 329 g/mol. The number of benzene rings is 1. The normalized spacial score (nSPS) is 30.3. The average Bonchev–Trinajstić information content (AvgIpc) is 3.16. The van der Waals surface area contributed by atoms with Gasteiger partial charge in [0.2, 0.25) is 11.8 Å². The summed E-state index contributed by atoms with van der Waals surface area (Å²) >= 11 is 0. The molecule has 24 heavy (non-hydrogen) atoms. The molecule has 4 atom stereocenters. The molecular weight excluding hydrogens is 306 g/mol. The van der Waals surface area contributed by atoms with Crippen LogP contribution in [0.2, 0.25) is 0 Å². The Morgan fingerprint density at radius 1 is 1.25 bits per heavy atom. The van der Waals surface area contributed by atoms with Crippen LogP contribution in [0.15, 0.2) is 24.3 Å². The number of rotatable bonds is 4. The third kappa shape index (κ3) is 2.65. The standard InChI is InChI=1S/C18H23N3O3/c1-11(22)19-17-16(13-7-9-24-18(13)17)20-15(23)10-21-8-6-12-4-2-3-5-14(12)21/h2-5,13,16-18H,6-10H2,1H3,(H,19,22)(H,20,23)/t13-,16+,17-,18-/m1/s1. The maximum absolute atomic E-state index is 12.5. The molecule has 3 aliphatic rings. The van der Waals surface area contributed by atoms with Crippen molar-refractivity contribution in [3.8, 4) is 0 Å². The lowest BCUT2D eigenvalue weighted by molar-refractivity contribution is -0.129. The Morgan fingerprint density at radius 2 is 2.08 bits per heavy atom. The molecule has 0 aromatic heterocycles. The molecule has 1 saturated heterocycles. The SMILES string of the molecule is CC(=O)N[C@@H]1[C@@H](NC(=O)CN2CCc3ccccc32)[C@H]2CCO[C@H]21. The largest absolute Gasteiger partial charge is 0.376 e. The second kappa shape index (κ2) is 6.09. The van der Waals surface area contributed by atoms with E-state index in [1.54, 1.807) is 0 Å². The fraction of sp³-hybridized carbons (Fsp3) is 0.556. The summed E-state index contributed by atoms with van der Waals surface area (Å²) in [4.78, 5) is 26.0. The lowest BCUT2D eigenvalue weighted by atomic mass is 9.71. The Morgan fingerprint density at radius 3 is 2.92 bits per heavy atom. The molecule has 6 heteroatoms. The van der Waals surface area contributed by atoms with Crippen LogP contribution in [0.1, 0.15) is 18.9 Å². The summed E-state index contributed by atoms with van der Waals surface area (Å²) in [5, 5.41) is 6.05. The minimum atomic E-state index is -0.107. The molecule has 1 aliphatic carbocycles. The van der Waals surface area contributed by atoms with Crippen LogP contribution in [0.25, 0.3) is 0 Å². The maximum atomic E-state index is 12.5. The molecule has 0 spiro atoms. The molecule has 1 saturated carbocycles. The third-order valence-electron chi connectivity index (χ3n) is 5.40. The first-order valence-electron chi connectivity index (χ1n) is 8.64. The summed E-state index contributed by atoms with van der Waals surface area (Å²) in [7, 11) is 0. The van der Waals surface area contributed by atoms with Crippen molar-refractivity contribution in [2.24, 2.45) is 5.92 Å². The van der Waals surface area contributed by atoms with Crippen LogP contribution in [0.5, 0.6) is 0 Å². The number of amides is 2. The van der Waals surface area contributed by atoms with Crippen LogP contribution in [0.3, 0.4) is 0 Å². The van der Waals surface area contributed by atoms with E-state index >= 15 is 0 Å². The number of fused-ring (bicyclic) bond motifs is 2. The number of hydrogen-bond donors (Lipinski definition) is 2. The Kier molecular flexibility index (Phi) is 3.92. The number of nitrogens with zero attached hydrogens (tertiary/aromatic N) is 1. The molecule has 1 aromatic carbocycles. The molecule has 0 radical (unpaired) electrons.